The number of pyridine rings is 1. The predicted octanol–water partition coefficient (Wildman–Crippen LogP) is 1.85. The van der Waals surface area contributed by atoms with Gasteiger partial charge in [0, 0.05) is 24.7 Å². The van der Waals surface area contributed by atoms with Crippen molar-refractivity contribution < 1.29 is 8.42 Å². The Balaban J connectivity index is 1.98. The van der Waals surface area contributed by atoms with E-state index in [4.69, 9.17) is 0 Å². The highest BCUT2D eigenvalue weighted by molar-refractivity contribution is 7.89. The molecule has 0 saturated carbocycles. The highest BCUT2D eigenvalue weighted by atomic mass is 32.2. The van der Waals surface area contributed by atoms with Crippen LogP contribution >= 0.6 is 0 Å². The van der Waals surface area contributed by atoms with E-state index in [1.54, 1.807) is 28.7 Å². The Bertz CT molecular complexity index is 754. The summed E-state index contributed by atoms with van der Waals surface area (Å²) < 4.78 is 27.7. The summed E-state index contributed by atoms with van der Waals surface area (Å²) in [6.45, 7) is 2.03. The maximum atomic E-state index is 13.0. The molecule has 0 radical (unpaired) electrons. The summed E-state index contributed by atoms with van der Waals surface area (Å²) in [5, 5.41) is 3.84. The van der Waals surface area contributed by atoms with Crippen molar-refractivity contribution in [1.29, 1.82) is 0 Å². The third-order valence-corrected chi connectivity index (χ3v) is 6.12. The van der Waals surface area contributed by atoms with Crippen LogP contribution in [0, 0.1) is 5.92 Å². The van der Waals surface area contributed by atoms with Crippen molar-refractivity contribution in [3.8, 4) is 0 Å². The molecule has 0 aliphatic carbocycles. The number of fused-ring (bicyclic) bond motifs is 1. The second-order valence-corrected chi connectivity index (χ2v) is 7.66. The number of hydrogen-bond donors (Lipinski definition) is 1. The summed E-state index contributed by atoms with van der Waals surface area (Å²) in [7, 11) is -1.57. The molecule has 1 aliphatic rings. The molecule has 0 spiro atoms. The van der Waals surface area contributed by atoms with Crippen molar-refractivity contribution in [2.45, 2.75) is 17.7 Å². The Labute approximate surface area is 131 Å². The Morgan fingerprint density at radius 3 is 3.00 bits per heavy atom. The summed E-state index contributed by atoms with van der Waals surface area (Å²) in [6.07, 6.45) is 3.67. The van der Waals surface area contributed by atoms with Crippen LogP contribution in [0.4, 0.5) is 0 Å². The van der Waals surface area contributed by atoms with Crippen LogP contribution in [0.5, 0.6) is 0 Å². The SMILES string of the molecule is CNCC1CCCN(S(=O)(=O)c2cccc3ncccc23)C1. The Kier molecular flexibility index (Phi) is 4.42. The summed E-state index contributed by atoms with van der Waals surface area (Å²) in [6, 6.07) is 8.89. The van der Waals surface area contributed by atoms with Crippen LogP contribution in [0.3, 0.4) is 0 Å². The molecule has 2 aromatic rings. The van der Waals surface area contributed by atoms with Crippen molar-refractivity contribution in [2.75, 3.05) is 26.7 Å². The summed E-state index contributed by atoms with van der Waals surface area (Å²) in [5.41, 5.74) is 0.715. The molecule has 3 rings (SSSR count). The van der Waals surface area contributed by atoms with Gasteiger partial charge in [-0.05, 0) is 56.6 Å². The molecule has 118 valence electrons. The smallest absolute Gasteiger partial charge is 0.243 e. The normalized spacial score (nSPS) is 20.3. The zero-order chi connectivity index (χ0) is 15.6. The van der Waals surface area contributed by atoms with Crippen LogP contribution in [0.15, 0.2) is 41.4 Å². The van der Waals surface area contributed by atoms with Crippen molar-refractivity contribution in [3.05, 3.63) is 36.5 Å². The highest BCUT2D eigenvalue weighted by Gasteiger charge is 2.31. The monoisotopic (exact) mass is 319 g/mol. The summed E-state index contributed by atoms with van der Waals surface area (Å²) in [5.74, 6) is 0.377. The van der Waals surface area contributed by atoms with Gasteiger partial charge in [0.1, 0.15) is 0 Å². The first kappa shape index (κ1) is 15.4. The molecule has 0 bridgehead atoms. The quantitative estimate of drug-likeness (QED) is 0.934. The van der Waals surface area contributed by atoms with Crippen molar-refractivity contribution in [3.63, 3.8) is 0 Å². The van der Waals surface area contributed by atoms with Crippen molar-refractivity contribution in [2.24, 2.45) is 5.92 Å². The molecule has 2 heterocycles. The minimum atomic E-state index is -3.47. The van der Waals surface area contributed by atoms with E-state index in [9.17, 15) is 8.42 Å². The third-order valence-electron chi connectivity index (χ3n) is 4.20. The van der Waals surface area contributed by atoms with Gasteiger partial charge in [-0.1, -0.05) is 6.07 Å². The van der Waals surface area contributed by atoms with E-state index >= 15 is 0 Å². The second-order valence-electron chi connectivity index (χ2n) is 5.76. The van der Waals surface area contributed by atoms with E-state index < -0.39 is 10.0 Å². The maximum Gasteiger partial charge on any atom is 0.243 e. The average Bonchev–Trinajstić information content (AvgIpc) is 2.55. The van der Waals surface area contributed by atoms with Crippen LogP contribution < -0.4 is 5.32 Å². The number of aromatic nitrogens is 1. The lowest BCUT2D eigenvalue weighted by atomic mass is 10.00. The molecule has 0 amide bonds. The van der Waals surface area contributed by atoms with Gasteiger partial charge >= 0.3 is 0 Å². The molecule has 1 unspecified atom stereocenters. The first-order chi connectivity index (χ1) is 10.6. The molecule has 1 aliphatic heterocycles. The van der Waals surface area contributed by atoms with Gasteiger partial charge in [-0.3, -0.25) is 4.98 Å². The molecule has 6 heteroatoms. The molecule has 1 atom stereocenters. The Morgan fingerprint density at radius 2 is 2.18 bits per heavy atom. The number of benzene rings is 1. The zero-order valence-corrected chi connectivity index (χ0v) is 13.5. The van der Waals surface area contributed by atoms with Crippen LogP contribution in [0.25, 0.3) is 10.9 Å². The Morgan fingerprint density at radius 1 is 1.32 bits per heavy atom. The van der Waals surface area contributed by atoms with Gasteiger partial charge in [0.25, 0.3) is 0 Å². The predicted molar refractivity (Wildman–Crippen MR) is 87.2 cm³/mol. The molecule has 1 saturated heterocycles. The number of nitrogens with zero attached hydrogens (tertiary/aromatic N) is 2. The zero-order valence-electron chi connectivity index (χ0n) is 12.7. The fourth-order valence-electron chi connectivity index (χ4n) is 3.14. The topological polar surface area (TPSA) is 62.3 Å². The second kappa shape index (κ2) is 6.32. The minimum Gasteiger partial charge on any atom is -0.319 e. The molecular weight excluding hydrogens is 298 g/mol. The fourth-order valence-corrected chi connectivity index (χ4v) is 4.90. The van der Waals surface area contributed by atoms with Crippen molar-refractivity contribution in [1.82, 2.24) is 14.6 Å². The van der Waals surface area contributed by atoms with Crippen molar-refractivity contribution >= 4 is 20.9 Å². The molecule has 22 heavy (non-hydrogen) atoms. The first-order valence-corrected chi connectivity index (χ1v) is 9.05. The first-order valence-electron chi connectivity index (χ1n) is 7.61. The standard InChI is InChI=1S/C16H21N3O2S/c1-17-11-13-5-4-10-19(12-13)22(20,21)16-8-2-7-15-14(16)6-3-9-18-15/h2-3,6-9,13,17H,4-5,10-12H2,1H3. The van der Waals surface area contributed by atoms with E-state index in [0.717, 1.165) is 19.4 Å². The van der Waals surface area contributed by atoms with Gasteiger partial charge in [-0.15, -0.1) is 0 Å². The molecule has 5 nitrogen and oxygen atoms in total. The van der Waals surface area contributed by atoms with Gasteiger partial charge in [0.15, 0.2) is 0 Å². The molecule has 1 aromatic heterocycles. The maximum absolute atomic E-state index is 13.0. The number of piperidine rings is 1. The van der Waals surface area contributed by atoms with Gasteiger partial charge in [0.2, 0.25) is 10.0 Å². The van der Waals surface area contributed by atoms with Gasteiger partial charge < -0.3 is 5.32 Å². The van der Waals surface area contributed by atoms with Crippen LogP contribution in [-0.4, -0.2) is 44.4 Å². The molecule has 1 N–H and O–H groups in total. The highest BCUT2D eigenvalue weighted by Crippen LogP contribution is 2.27. The molecule has 1 fully saturated rings. The Hall–Kier alpha value is -1.50. The minimum absolute atomic E-state index is 0.364. The van der Waals surface area contributed by atoms with Crippen LogP contribution in [0.2, 0.25) is 0 Å². The number of nitrogens with one attached hydrogen (secondary N) is 1. The summed E-state index contributed by atoms with van der Waals surface area (Å²) >= 11 is 0. The van der Waals surface area contributed by atoms with Crippen LogP contribution in [-0.2, 0) is 10.0 Å². The average molecular weight is 319 g/mol. The number of sulfonamides is 1. The number of rotatable bonds is 4. The summed E-state index contributed by atoms with van der Waals surface area (Å²) in [4.78, 5) is 4.62. The fraction of sp³-hybridized carbons (Fsp3) is 0.438. The van der Waals surface area contributed by atoms with E-state index in [0.29, 0.717) is 34.8 Å². The van der Waals surface area contributed by atoms with E-state index in [-0.39, 0.29) is 0 Å². The lowest BCUT2D eigenvalue weighted by Crippen LogP contribution is -2.42. The molecular formula is C16H21N3O2S. The van der Waals surface area contributed by atoms with Crippen LogP contribution in [0.1, 0.15) is 12.8 Å². The van der Waals surface area contributed by atoms with E-state index in [1.807, 2.05) is 19.2 Å². The van der Waals surface area contributed by atoms with E-state index in [2.05, 4.69) is 10.3 Å². The lowest BCUT2D eigenvalue weighted by Gasteiger charge is -2.32. The van der Waals surface area contributed by atoms with Gasteiger partial charge in [0.05, 0.1) is 10.4 Å². The van der Waals surface area contributed by atoms with Gasteiger partial charge in [-0.25, -0.2) is 8.42 Å². The lowest BCUT2D eigenvalue weighted by molar-refractivity contribution is 0.263. The van der Waals surface area contributed by atoms with Gasteiger partial charge in [-0.2, -0.15) is 4.31 Å². The largest absolute Gasteiger partial charge is 0.319 e. The number of hydrogen-bond acceptors (Lipinski definition) is 4. The third kappa shape index (κ3) is 2.86. The molecule has 1 aromatic carbocycles. The van der Waals surface area contributed by atoms with E-state index in [1.165, 1.54) is 0 Å².